The first-order chi connectivity index (χ1) is 10.7. The molecule has 2 N–H and O–H groups in total. The summed E-state index contributed by atoms with van der Waals surface area (Å²) >= 11 is 0. The van der Waals surface area contributed by atoms with E-state index in [1.165, 1.54) is 12.8 Å². The zero-order valence-corrected chi connectivity index (χ0v) is 15.4. The molecule has 134 valence electrons. The maximum atomic E-state index is 12.1. The minimum absolute atomic E-state index is 0.159. The van der Waals surface area contributed by atoms with Gasteiger partial charge in [-0.25, -0.2) is 4.79 Å². The van der Waals surface area contributed by atoms with E-state index in [9.17, 15) is 4.79 Å². The van der Waals surface area contributed by atoms with Crippen LogP contribution < -0.4 is 10.6 Å². The van der Waals surface area contributed by atoms with Gasteiger partial charge in [-0.3, -0.25) is 0 Å². The molecule has 1 aliphatic carbocycles. The number of ether oxygens (including phenoxy) is 2. The van der Waals surface area contributed by atoms with Crippen molar-refractivity contribution in [1.29, 1.82) is 0 Å². The number of hydrogen-bond acceptors (Lipinski definition) is 4. The second kappa shape index (κ2) is 7.84. The zero-order chi connectivity index (χ0) is 17.0. The van der Waals surface area contributed by atoms with Gasteiger partial charge < -0.3 is 20.1 Å². The molecule has 5 nitrogen and oxygen atoms in total. The third kappa shape index (κ3) is 6.30. The summed E-state index contributed by atoms with van der Waals surface area (Å²) in [5.41, 5.74) is -0.451. The van der Waals surface area contributed by atoms with Crippen molar-refractivity contribution in [2.75, 3.05) is 0 Å². The maximum absolute atomic E-state index is 12.1. The summed E-state index contributed by atoms with van der Waals surface area (Å²) in [5, 5.41) is 6.87. The number of carbonyl (C=O) groups is 1. The van der Waals surface area contributed by atoms with Gasteiger partial charge in [-0.1, -0.05) is 12.8 Å². The molecular formula is C18H34N2O3. The van der Waals surface area contributed by atoms with E-state index in [0.29, 0.717) is 24.3 Å². The first-order valence-corrected chi connectivity index (χ1v) is 9.14. The normalized spacial score (nSPS) is 35.6. The molecule has 0 bridgehead atoms. The molecule has 1 amide bonds. The topological polar surface area (TPSA) is 59.6 Å². The lowest BCUT2D eigenvalue weighted by Crippen LogP contribution is -2.56. The largest absolute Gasteiger partial charge is 0.444 e. The highest BCUT2D eigenvalue weighted by Gasteiger charge is 2.32. The summed E-state index contributed by atoms with van der Waals surface area (Å²) < 4.78 is 11.2. The Morgan fingerprint density at radius 3 is 2.17 bits per heavy atom. The number of nitrogens with one attached hydrogen (secondary N) is 2. The van der Waals surface area contributed by atoms with Gasteiger partial charge in [0, 0.05) is 18.1 Å². The van der Waals surface area contributed by atoms with Crippen molar-refractivity contribution in [3.8, 4) is 0 Å². The molecule has 0 radical (unpaired) electrons. The molecule has 0 aromatic carbocycles. The Morgan fingerprint density at radius 1 is 1.04 bits per heavy atom. The van der Waals surface area contributed by atoms with Crippen molar-refractivity contribution in [1.82, 2.24) is 10.6 Å². The molecular weight excluding hydrogens is 292 g/mol. The minimum atomic E-state index is -0.451. The van der Waals surface area contributed by atoms with Crippen LogP contribution in [0.15, 0.2) is 0 Å². The quantitative estimate of drug-likeness (QED) is 0.835. The van der Waals surface area contributed by atoms with Gasteiger partial charge in [-0.05, 0) is 60.3 Å². The predicted molar refractivity (Wildman–Crippen MR) is 91.6 cm³/mol. The van der Waals surface area contributed by atoms with Gasteiger partial charge in [0.2, 0.25) is 0 Å². The lowest BCUT2D eigenvalue weighted by molar-refractivity contribution is -0.0448. The van der Waals surface area contributed by atoms with Gasteiger partial charge in [0.15, 0.2) is 0 Å². The van der Waals surface area contributed by atoms with Gasteiger partial charge in [-0.2, -0.15) is 0 Å². The van der Waals surface area contributed by atoms with E-state index in [2.05, 4.69) is 24.5 Å². The third-order valence-electron chi connectivity index (χ3n) is 4.62. The van der Waals surface area contributed by atoms with Gasteiger partial charge in [-0.15, -0.1) is 0 Å². The predicted octanol–water partition coefficient (Wildman–Crippen LogP) is 3.37. The Bertz CT molecular complexity index is 384. The van der Waals surface area contributed by atoms with Crippen molar-refractivity contribution < 1.29 is 14.3 Å². The lowest BCUT2D eigenvalue weighted by Gasteiger charge is -2.39. The zero-order valence-electron chi connectivity index (χ0n) is 15.4. The highest BCUT2D eigenvalue weighted by Crippen LogP contribution is 2.24. The molecule has 1 heterocycles. The summed E-state index contributed by atoms with van der Waals surface area (Å²) in [7, 11) is 0. The standard InChI is InChI=1S/C18H34N2O3/c1-12-10-14(11-13(2)22-12)19-15-8-6-7-9-16(15)20-17(21)23-18(3,4)5/h12-16,19H,6-11H2,1-5H3,(H,20,21)/t12-,13+,14?,15-,16-/m1/s1. The number of rotatable bonds is 3. The second-order valence-corrected chi connectivity index (χ2v) is 8.24. The number of alkyl carbamates (subject to hydrolysis) is 1. The van der Waals surface area contributed by atoms with Crippen LogP contribution in [0.1, 0.15) is 73.1 Å². The number of carbonyl (C=O) groups excluding carboxylic acids is 1. The van der Waals surface area contributed by atoms with Crippen LogP contribution in [0.25, 0.3) is 0 Å². The van der Waals surface area contributed by atoms with Crippen LogP contribution in [0.5, 0.6) is 0 Å². The van der Waals surface area contributed by atoms with E-state index in [0.717, 1.165) is 25.7 Å². The number of hydrogen-bond donors (Lipinski definition) is 2. The molecule has 0 spiro atoms. The molecule has 2 fully saturated rings. The summed E-state index contributed by atoms with van der Waals surface area (Å²) in [5.74, 6) is 0. The van der Waals surface area contributed by atoms with Crippen LogP contribution in [-0.2, 0) is 9.47 Å². The van der Waals surface area contributed by atoms with Crippen LogP contribution in [0.3, 0.4) is 0 Å². The molecule has 1 aliphatic heterocycles. The first-order valence-electron chi connectivity index (χ1n) is 9.14. The van der Waals surface area contributed by atoms with E-state index in [4.69, 9.17) is 9.47 Å². The van der Waals surface area contributed by atoms with E-state index < -0.39 is 5.60 Å². The van der Waals surface area contributed by atoms with Gasteiger partial charge in [0.25, 0.3) is 0 Å². The van der Waals surface area contributed by atoms with E-state index in [1.807, 2.05) is 20.8 Å². The Morgan fingerprint density at radius 2 is 1.61 bits per heavy atom. The monoisotopic (exact) mass is 326 g/mol. The average molecular weight is 326 g/mol. The highest BCUT2D eigenvalue weighted by atomic mass is 16.6. The average Bonchev–Trinajstić information content (AvgIpc) is 2.37. The Balaban J connectivity index is 1.89. The van der Waals surface area contributed by atoms with E-state index >= 15 is 0 Å². The fourth-order valence-electron chi connectivity index (χ4n) is 3.81. The van der Waals surface area contributed by atoms with Crippen molar-refractivity contribution >= 4 is 6.09 Å². The van der Waals surface area contributed by atoms with Crippen LogP contribution in [0, 0.1) is 0 Å². The third-order valence-corrected chi connectivity index (χ3v) is 4.62. The van der Waals surface area contributed by atoms with Crippen molar-refractivity contribution in [3.63, 3.8) is 0 Å². The molecule has 23 heavy (non-hydrogen) atoms. The second-order valence-electron chi connectivity index (χ2n) is 8.24. The minimum Gasteiger partial charge on any atom is -0.444 e. The summed E-state index contributed by atoms with van der Waals surface area (Å²) in [6, 6.07) is 0.964. The Labute approximate surface area is 140 Å². The molecule has 2 rings (SSSR count). The molecule has 1 saturated carbocycles. The Hall–Kier alpha value is -0.810. The van der Waals surface area contributed by atoms with Crippen molar-refractivity contribution in [3.05, 3.63) is 0 Å². The van der Waals surface area contributed by atoms with E-state index in [1.54, 1.807) is 0 Å². The van der Waals surface area contributed by atoms with Crippen LogP contribution in [0.4, 0.5) is 4.79 Å². The van der Waals surface area contributed by atoms with Crippen LogP contribution in [-0.4, -0.2) is 42.0 Å². The van der Waals surface area contributed by atoms with Gasteiger partial charge >= 0.3 is 6.09 Å². The lowest BCUT2D eigenvalue weighted by atomic mass is 9.88. The molecule has 1 saturated heterocycles. The van der Waals surface area contributed by atoms with E-state index in [-0.39, 0.29) is 12.1 Å². The molecule has 2 aliphatic rings. The molecule has 5 heteroatoms. The van der Waals surface area contributed by atoms with Crippen LogP contribution in [0.2, 0.25) is 0 Å². The summed E-state index contributed by atoms with van der Waals surface area (Å²) in [6.07, 6.45) is 6.91. The van der Waals surface area contributed by atoms with Crippen molar-refractivity contribution in [2.24, 2.45) is 0 Å². The van der Waals surface area contributed by atoms with Gasteiger partial charge in [0.1, 0.15) is 5.60 Å². The summed E-state index contributed by atoms with van der Waals surface area (Å²) in [6.45, 7) is 9.97. The maximum Gasteiger partial charge on any atom is 0.407 e. The SMILES string of the molecule is C[C@@H]1CC(N[C@@H]2CCCC[C@H]2NC(=O)OC(C)(C)C)C[C@H](C)O1. The Kier molecular flexibility index (Phi) is 6.32. The molecule has 5 atom stereocenters. The summed E-state index contributed by atoms with van der Waals surface area (Å²) in [4.78, 5) is 12.1. The first kappa shape index (κ1) is 18.5. The molecule has 0 aromatic heterocycles. The van der Waals surface area contributed by atoms with Gasteiger partial charge in [0.05, 0.1) is 12.2 Å². The molecule has 0 aromatic rings. The van der Waals surface area contributed by atoms with Crippen molar-refractivity contribution in [2.45, 2.75) is 109 Å². The highest BCUT2D eigenvalue weighted by molar-refractivity contribution is 5.68. The van der Waals surface area contributed by atoms with Crippen LogP contribution >= 0.6 is 0 Å². The smallest absolute Gasteiger partial charge is 0.407 e. The fourth-order valence-corrected chi connectivity index (χ4v) is 3.81. The number of amides is 1. The molecule has 1 unspecified atom stereocenters. The fraction of sp³-hybridized carbons (Fsp3) is 0.944.